The summed E-state index contributed by atoms with van der Waals surface area (Å²) >= 11 is 0. The van der Waals surface area contributed by atoms with Crippen LogP contribution in [0.25, 0.3) is 0 Å². The number of fused-ring (bicyclic) bond motifs is 1. The Hall–Kier alpha value is -3.70. The molecule has 188 valence electrons. The number of esters is 1. The minimum absolute atomic E-state index is 0.0823. The fourth-order valence-electron chi connectivity index (χ4n) is 4.01. The van der Waals surface area contributed by atoms with E-state index < -0.39 is 58.4 Å². The van der Waals surface area contributed by atoms with Gasteiger partial charge in [0.25, 0.3) is 5.91 Å². The van der Waals surface area contributed by atoms with Crippen LogP contribution in [0.1, 0.15) is 23.6 Å². The van der Waals surface area contributed by atoms with Crippen molar-refractivity contribution in [1.29, 1.82) is 0 Å². The van der Waals surface area contributed by atoms with Crippen LogP contribution in [0.15, 0.2) is 71.6 Å². The summed E-state index contributed by atoms with van der Waals surface area (Å²) in [4.78, 5) is 24.6. The number of hydrogen-bond acceptors (Lipinski definition) is 5. The van der Waals surface area contributed by atoms with Crippen LogP contribution in [0.2, 0.25) is 0 Å². The van der Waals surface area contributed by atoms with Crippen LogP contribution in [0.3, 0.4) is 0 Å². The third-order valence-corrected chi connectivity index (χ3v) is 7.64. The average molecular weight is 519 g/mol. The molecule has 1 N–H and O–H groups in total. The van der Waals surface area contributed by atoms with Gasteiger partial charge in [-0.1, -0.05) is 24.3 Å². The van der Waals surface area contributed by atoms with E-state index in [-0.39, 0.29) is 17.1 Å². The van der Waals surface area contributed by atoms with Crippen molar-refractivity contribution in [2.24, 2.45) is 0 Å². The van der Waals surface area contributed by atoms with Gasteiger partial charge in [-0.2, -0.15) is 4.31 Å². The van der Waals surface area contributed by atoms with Crippen molar-refractivity contribution in [3.63, 3.8) is 0 Å². The Balaban J connectivity index is 1.49. The third-order valence-electron chi connectivity index (χ3n) is 5.71. The van der Waals surface area contributed by atoms with E-state index in [0.717, 1.165) is 46.3 Å². The number of nitrogens with one attached hydrogen (secondary N) is 1. The summed E-state index contributed by atoms with van der Waals surface area (Å²) in [6.07, 6.45) is 0.0173. The van der Waals surface area contributed by atoms with Crippen LogP contribution >= 0.6 is 0 Å². The first-order valence-corrected chi connectivity index (χ1v) is 12.3. The monoisotopic (exact) mass is 518 g/mol. The second-order valence-electron chi connectivity index (χ2n) is 8.07. The Morgan fingerprint density at radius 2 is 1.67 bits per heavy atom. The van der Waals surface area contributed by atoms with E-state index in [1.54, 1.807) is 18.2 Å². The smallest absolute Gasteiger partial charge is 0.308 e. The minimum Gasteiger partial charge on any atom is -0.456 e. The molecule has 1 aliphatic heterocycles. The number of ether oxygens (including phenoxy) is 1. The van der Waals surface area contributed by atoms with Crippen molar-refractivity contribution in [2.75, 3.05) is 18.5 Å². The molecular formula is C25H21F3N2O5S. The molecule has 0 bridgehead atoms. The maximum absolute atomic E-state index is 13.7. The van der Waals surface area contributed by atoms with Gasteiger partial charge in [0.1, 0.15) is 17.5 Å². The Kier molecular flexibility index (Phi) is 7.41. The predicted octanol–water partition coefficient (Wildman–Crippen LogP) is 3.96. The number of carbonyl (C=O) groups excluding carboxylic acids is 2. The van der Waals surface area contributed by atoms with Gasteiger partial charge in [-0.15, -0.1) is 0 Å². The predicted molar refractivity (Wildman–Crippen MR) is 124 cm³/mol. The summed E-state index contributed by atoms with van der Waals surface area (Å²) in [5.41, 5.74) is 1.20. The number of amides is 1. The molecule has 0 spiro atoms. The molecule has 3 aromatic rings. The molecule has 1 atom stereocenters. The van der Waals surface area contributed by atoms with Crippen molar-refractivity contribution >= 4 is 27.6 Å². The summed E-state index contributed by atoms with van der Waals surface area (Å²) < 4.78 is 73.0. The van der Waals surface area contributed by atoms with Gasteiger partial charge >= 0.3 is 5.97 Å². The summed E-state index contributed by atoms with van der Waals surface area (Å²) in [6.45, 7) is -0.673. The van der Waals surface area contributed by atoms with Gasteiger partial charge in [0.15, 0.2) is 6.61 Å². The molecule has 1 aliphatic rings. The highest BCUT2D eigenvalue weighted by Gasteiger charge is 2.38. The maximum atomic E-state index is 13.7. The minimum atomic E-state index is -4.09. The van der Waals surface area contributed by atoms with Crippen LogP contribution in [0.4, 0.5) is 18.9 Å². The molecule has 36 heavy (non-hydrogen) atoms. The molecule has 1 amide bonds. The van der Waals surface area contributed by atoms with Crippen molar-refractivity contribution in [3.8, 4) is 0 Å². The number of carbonyl (C=O) groups is 2. The fourth-order valence-corrected chi connectivity index (χ4v) is 5.62. The van der Waals surface area contributed by atoms with E-state index in [4.69, 9.17) is 4.74 Å². The summed E-state index contributed by atoms with van der Waals surface area (Å²) in [5.74, 6) is -4.10. The van der Waals surface area contributed by atoms with E-state index in [1.165, 1.54) is 0 Å². The highest BCUT2D eigenvalue weighted by molar-refractivity contribution is 7.89. The Bertz CT molecular complexity index is 1400. The van der Waals surface area contributed by atoms with Gasteiger partial charge in [0.05, 0.1) is 23.0 Å². The largest absolute Gasteiger partial charge is 0.456 e. The number of anilines is 1. The first kappa shape index (κ1) is 25.4. The van der Waals surface area contributed by atoms with Crippen LogP contribution in [0, 0.1) is 17.5 Å². The van der Waals surface area contributed by atoms with Gasteiger partial charge in [-0.05, 0) is 53.9 Å². The molecular weight excluding hydrogens is 497 g/mol. The standard InChI is InChI=1S/C25H21F3N2O5S/c26-17-5-8-19(9-6-17)36(33,34)30-12-11-16-3-1-2-4-20(16)23(30)14-25(32)35-15-24(31)29-22-10-7-18(27)13-21(22)28/h1-10,13,23H,11-12,14-15H2,(H,29,31). The molecule has 1 unspecified atom stereocenters. The first-order valence-electron chi connectivity index (χ1n) is 10.9. The van der Waals surface area contributed by atoms with Crippen molar-refractivity contribution in [3.05, 3.63) is 95.3 Å². The van der Waals surface area contributed by atoms with Crippen LogP contribution in [-0.2, 0) is 30.8 Å². The molecule has 7 nitrogen and oxygen atoms in total. The number of halogens is 3. The number of benzene rings is 3. The number of rotatable bonds is 7. The van der Waals surface area contributed by atoms with E-state index in [0.29, 0.717) is 18.1 Å². The van der Waals surface area contributed by atoms with Crippen LogP contribution < -0.4 is 5.32 Å². The Morgan fingerprint density at radius 3 is 2.39 bits per heavy atom. The topological polar surface area (TPSA) is 92.8 Å². The van der Waals surface area contributed by atoms with E-state index >= 15 is 0 Å². The van der Waals surface area contributed by atoms with Crippen LogP contribution in [-0.4, -0.2) is 37.8 Å². The zero-order valence-electron chi connectivity index (χ0n) is 18.8. The molecule has 0 saturated heterocycles. The Morgan fingerprint density at radius 1 is 0.972 bits per heavy atom. The van der Waals surface area contributed by atoms with Gasteiger partial charge in [-0.3, -0.25) is 9.59 Å². The molecule has 0 saturated carbocycles. The van der Waals surface area contributed by atoms with E-state index in [2.05, 4.69) is 5.32 Å². The quantitative estimate of drug-likeness (QED) is 0.478. The molecule has 3 aromatic carbocycles. The van der Waals surface area contributed by atoms with Gasteiger partial charge < -0.3 is 10.1 Å². The molecule has 0 fully saturated rings. The third kappa shape index (κ3) is 5.58. The van der Waals surface area contributed by atoms with E-state index in [1.807, 2.05) is 6.07 Å². The maximum Gasteiger partial charge on any atom is 0.308 e. The molecule has 0 radical (unpaired) electrons. The SMILES string of the molecule is O=C(COC(=O)CC1c2ccccc2CCN1S(=O)(=O)c1ccc(F)cc1)Nc1ccc(F)cc1F. The first-order chi connectivity index (χ1) is 17.1. The van der Waals surface area contributed by atoms with Gasteiger partial charge in [0.2, 0.25) is 10.0 Å². The van der Waals surface area contributed by atoms with Crippen molar-refractivity contribution in [1.82, 2.24) is 4.31 Å². The van der Waals surface area contributed by atoms with E-state index in [9.17, 15) is 31.2 Å². The summed E-state index contributed by atoms with van der Waals surface area (Å²) in [6, 6.07) is 13.1. The number of nitrogens with zero attached hydrogens (tertiary/aromatic N) is 1. The Labute approximate surface area is 205 Å². The molecule has 0 aliphatic carbocycles. The molecule has 0 aromatic heterocycles. The summed E-state index contributed by atoms with van der Waals surface area (Å²) in [7, 11) is -4.09. The fraction of sp³-hybridized carbons (Fsp3) is 0.200. The highest BCUT2D eigenvalue weighted by atomic mass is 32.2. The lowest BCUT2D eigenvalue weighted by atomic mass is 9.92. The average Bonchev–Trinajstić information content (AvgIpc) is 2.85. The van der Waals surface area contributed by atoms with Crippen LogP contribution in [0.5, 0.6) is 0 Å². The summed E-state index contributed by atoms with van der Waals surface area (Å²) in [5, 5.41) is 2.18. The van der Waals surface area contributed by atoms with Gasteiger partial charge in [0, 0.05) is 12.6 Å². The lowest BCUT2D eigenvalue weighted by Crippen LogP contribution is -2.41. The molecule has 11 heteroatoms. The number of sulfonamides is 1. The molecule has 4 rings (SSSR count). The molecule has 1 heterocycles. The normalized spacial score (nSPS) is 15.7. The lowest BCUT2D eigenvalue weighted by molar-refractivity contribution is -0.148. The lowest BCUT2D eigenvalue weighted by Gasteiger charge is -2.36. The zero-order chi connectivity index (χ0) is 25.9. The van der Waals surface area contributed by atoms with Crippen molar-refractivity contribution in [2.45, 2.75) is 23.8 Å². The number of hydrogen-bond donors (Lipinski definition) is 1. The van der Waals surface area contributed by atoms with Gasteiger partial charge in [-0.25, -0.2) is 21.6 Å². The highest BCUT2D eigenvalue weighted by Crippen LogP contribution is 2.36. The second-order valence-corrected chi connectivity index (χ2v) is 9.96. The zero-order valence-corrected chi connectivity index (χ0v) is 19.6. The van der Waals surface area contributed by atoms with Crippen molar-refractivity contribution < 1.29 is 35.9 Å². The second kappa shape index (κ2) is 10.5.